The Bertz CT molecular complexity index is 991. The first kappa shape index (κ1) is 26.1. The zero-order valence-electron chi connectivity index (χ0n) is 20.5. The summed E-state index contributed by atoms with van der Waals surface area (Å²) in [5.41, 5.74) is 5.86. The maximum atomic E-state index is 12.3. The molecule has 0 bridgehead atoms. The highest BCUT2D eigenvalue weighted by Crippen LogP contribution is 2.40. The Kier molecular flexibility index (Phi) is 9.65. The molecule has 4 heteroatoms. The van der Waals surface area contributed by atoms with Gasteiger partial charge in [0.05, 0.1) is 0 Å². The number of aliphatic carboxylic acids is 1. The van der Waals surface area contributed by atoms with Crippen molar-refractivity contribution in [3.8, 4) is 0 Å². The van der Waals surface area contributed by atoms with E-state index in [4.69, 9.17) is 0 Å². The van der Waals surface area contributed by atoms with Crippen LogP contribution in [-0.2, 0) is 16.0 Å². The van der Waals surface area contributed by atoms with Gasteiger partial charge < -0.3 is 10.4 Å². The van der Waals surface area contributed by atoms with Crippen LogP contribution in [0.3, 0.4) is 0 Å². The van der Waals surface area contributed by atoms with E-state index in [1.807, 2.05) is 55.5 Å². The molecule has 0 saturated heterocycles. The van der Waals surface area contributed by atoms with Gasteiger partial charge in [0.15, 0.2) is 0 Å². The van der Waals surface area contributed by atoms with Gasteiger partial charge >= 0.3 is 5.97 Å². The van der Waals surface area contributed by atoms with Crippen LogP contribution in [0.15, 0.2) is 89.1 Å². The molecule has 0 heterocycles. The second-order valence-electron chi connectivity index (χ2n) is 9.51. The molecule has 1 aromatic carbocycles. The highest BCUT2D eigenvalue weighted by Gasteiger charge is 2.26. The van der Waals surface area contributed by atoms with Crippen molar-refractivity contribution in [3.05, 3.63) is 94.6 Å². The van der Waals surface area contributed by atoms with Crippen molar-refractivity contribution in [2.75, 3.05) is 0 Å². The van der Waals surface area contributed by atoms with Gasteiger partial charge in [-0.3, -0.25) is 4.79 Å². The first-order valence-electron chi connectivity index (χ1n) is 11.6. The van der Waals surface area contributed by atoms with Gasteiger partial charge in [0.1, 0.15) is 6.04 Å². The molecule has 0 spiro atoms. The van der Waals surface area contributed by atoms with Crippen molar-refractivity contribution < 1.29 is 14.7 Å². The molecule has 2 N–H and O–H groups in total. The van der Waals surface area contributed by atoms with Crippen LogP contribution in [0.2, 0.25) is 0 Å². The molecule has 0 saturated carbocycles. The molecule has 176 valence electrons. The van der Waals surface area contributed by atoms with E-state index in [0.717, 1.165) is 16.7 Å². The number of carboxylic acids is 1. The fourth-order valence-electron chi connectivity index (χ4n) is 4.15. The maximum absolute atomic E-state index is 12.3. The van der Waals surface area contributed by atoms with E-state index < -0.39 is 17.9 Å². The highest BCUT2D eigenvalue weighted by atomic mass is 16.4. The standard InChI is InChI=1S/C29H37NO3/c1-21(16-17-25-23(3)13-10-18-29(25,4)5)11-9-12-22(2)19-27(31)30-26(28(32)33)20-24-14-7-6-8-15-24/h6-9,11-12,14-17,19,26H,10,13,18,20H2,1-5H3,(H,30,31)(H,32,33)/b12-9+,17-16+,21-11-,22-19-/t26-/m0/s1. The SMILES string of the molecule is CC1=C(/C=C/C(C)=C\C=C\C(C)=C/C(=O)N[C@@H](Cc2ccccc2)C(=O)O)C(C)(C)CCC1. The molecule has 0 radical (unpaired) electrons. The summed E-state index contributed by atoms with van der Waals surface area (Å²) in [5.74, 6) is -1.46. The number of amides is 1. The Morgan fingerprint density at radius 3 is 2.45 bits per heavy atom. The molecule has 1 aliphatic carbocycles. The molecule has 0 aliphatic heterocycles. The number of rotatable bonds is 9. The number of hydrogen-bond acceptors (Lipinski definition) is 2. The zero-order valence-corrected chi connectivity index (χ0v) is 20.5. The molecule has 1 aromatic rings. The number of nitrogens with one attached hydrogen (secondary N) is 1. The maximum Gasteiger partial charge on any atom is 0.326 e. The Morgan fingerprint density at radius 2 is 1.82 bits per heavy atom. The van der Waals surface area contributed by atoms with E-state index in [1.165, 1.54) is 36.5 Å². The van der Waals surface area contributed by atoms with E-state index >= 15 is 0 Å². The van der Waals surface area contributed by atoms with Crippen LogP contribution in [0.5, 0.6) is 0 Å². The van der Waals surface area contributed by atoms with Gasteiger partial charge in [-0.05, 0) is 62.2 Å². The summed E-state index contributed by atoms with van der Waals surface area (Å²) < 4.78 is 0. The van der Waals surface area contributed by atoms with Crippen molar-refractivity contribution in [2.45, 2.75) is 66.3 Å². The number of hydrogen-bond donors (Lipinski definition) is 2. The van der Waals surface area contributed by atoms with Gasteiger partial charge in [0.2, 0.25) is 5.91 Å². The lowest BCUT2D eigenvalue weighted by atomic mass is 9.72. The Labute approximate surface area is 198 Å². The Hall–Kier alpha value is -3.14. The lowest BCUT2D eigenvalue weighted by molar-refractivity contribution is -0.141. The Balaban J connectivity index is 1.96. The van der Waals surface area contributed by atoms with Gasteiger partial charge in [-0.25, -0.2) is 4.79 Å². The minimum Gasteiger partial charge on any atom is -0.480 e. The third-order valence-corrected chi connectivity index (χ3v) is 6.03. The van der Waals surface area contributed by atoms with E-state index in [9.17, 15) is 14.7 Å². The second kappa shape index (κ2) is 12.2. The van der Waals surface area contributed by atoms with E-state index in [0.29, 0.717) is 0 Å². The van der Waals surface area contributed by atoms with Crippen molar-refractivity contribution in [1.29, 1.82) is 0 Å². The van der Waals surface area contributed by atoms with Crippen LogP contribution in [0, 0.1) is 5.41 Å². The van der Waals surface area contributed by atoms with Crippen LogP contribution in [0.25, 0.3) is 0 Å². The lowest BCUT2D eigenvalue weighted by Crippen LogP contribution is -2.41. The van der Waals surface area contributed by atoms with E-state index in [-0.39, 0.29) is 11.8 Å². The van der Waals surface area contributed by atoms with Crippen LogP contribution < -0.4 is 5.32 Å². The van der Waals surface area contributed by atoms with Crippen molar-refractivity contribution in [2.24, 2.45) is 5.41 Å². The molecular weight excluding hydrogens is 410 g/mol. The number of carbonyl (C=O) groups is 2. The predicted molar refractivity (Wildman–Crippen MR) is 136 cm³/mol. The van der Waals surface area contributed by atoms with Crippen LogP contribution >= 0.6 is 0 Å². The molecule has 0 aromatic heterocycles. The summed E-state index contributed by atoms with van der Waals surface area (Å²) in [7, 11) is 0. The first-order valence-corrected chi connectivity index (χ1v) is 11.6. The molecular formula is C29H37NO3. The van der Waals surface area contributed by atoms with Gasteiger partial charge in [-0.2, -0.15) is 0 Å². The molecule has 0 fully saturated rings. The third kappa shape index (κ3) is 8.72. The summed E-state index contributed by atoms with van der Waals surface area (Å²) in [6, 6.07) is 8.30. The predicted octanol–water partition coefficient (Wildman–Crippen LogP) is 6.33. The van der Waals surface area contributed by atoms with Crippen molar-refractivity contribution in [3.63, 3.8) is 0 Å². The van der Waals surface area contributed by atoms with Gasteiger partial charge in [-0.15, -0.1) is 0 Å². The van der Waals surface area contributed by atoms with Gasteiger partial charge in [0.25, 0.3) is 0 Å². The lowest BCUT2D eigenvalue weighted by Gasteiger charge is -2.32. The van der Waals surface area contributed by atoms with Crippen molar-refractivity contribution >= 4 is 11.9 Å². The van der Waals surface area contributed by atoms with E-state index in [1.54, 1.807) is 0 Å². The zero-order chi connectivity index (χ0) is 24.4. The van der Waals surface area contributed by atoms with Crippen LogP contribution in [0.4, 0.5) is 0 Å². The van der Waals surface area contributed by atoms with Gasteiger partial charge in [-0.1, -0.05) is 85.7 Å². The summed E-state index contributed by atoms with van der Waals surface area (Å²) in [5, 5.41) is 12.0. The molecule has 1 aliphatic rings. The quantitative estimate of drug-likeness (QED) is 0.343. The minimum atomic E-state index is -1.05. The summed E-state index contributed by atoms with van der Waals surface area (Å²) in [6.07, 6.45) is 15.5. The highest BCUT2D eigenvalue weighted by molar-refractivity contribution is 5.92. The fourth-order valence-corrected chi connectivity index (χ4v) is 4.15. The monoisotopic (exact) mass is 447 g/mol. The first-order chi connectivity index (χ1) is 15.6. The van der Waals surface area contributed by atoms with Crippen LogP contribution in [0.1, 0.15) is 59.4 Å². The topological polar surface area (TPSA) is 66.4 Å². The largest absolute Gasteiger partial charge is 0.480 e. The summed E-state index contributed by atoms with van der Waals surface area (Å²) >= 11 is 0. The molecule has 0 unspecified atom stereocenters. The molecule has 33 heavy (non-hydrogen) atoms. The third-order valence-electron chi connectivity index (χ3n) is 6.03. The molecule has 4 nitrogen and oxygen atoms in total. The van der Waals surface area contributed by atoms with Gasteiger partial charge in [0, 0.05) is 12.5 Å². The molecule has 1 amide bonds. The molecule has 1 atom stereocenters. The smallest absolute Gasteiger partial charge is 0.326 e. The summed E-state index contributed by atoms with van der Waals surface area (Å²) in [4.78, 5) is 23.8. The number of carboxylic acid groups (broad SMARTS) is 1. The van der Waals surface area contributed by atoms with Crippen LogP contribution in [-0.4, -0.2) is 23.0 Å². The molecule has 2 rings (SSSR count). The van der Waals surface area contributed by atoms with Crippen molar-refractivity contribution in [1.82, 2.24) is 5.32 Å². The second-order valence-corrected chi connectivity index (χ2v) is 9.51. The average molecular weight is 448 g/mol. The average Bonchev–Trinajstić information content (AvgIpc) is 2.73. The fraction of sp³-hybridized carbons (Fsp3) is 0.379. The summed E-state index contributed by atoms with van der Waals surface area (Å²) in [6.45, 7) is 10.7. The number of benzene rings is 1. The minimum absolute atomic E-state index is 0.218. The normalized spacial score (nSPS) is 18.1. The Morgan fingerprint density at radius 1 is 1.12 bits per heavy atom. The number of allylic oxidation sites excluding steroid dienone is 9. The van der Waals surface area contributed by atoms with E-state index in [2.05, 4.69) is 45.2 Å². The number of carbonyl (C=O) groups excluding carboxylic acids is 1.